The standard InChI is InChI=1S/C28H29F3N2O4.C2H6/c1-2-3-4-5-25(37-23-13-10-21(11-14-23)27(36)32-17-16-26(34)35)20-8-6-19(7-9-20)24-15-12-22(18-33-24)28(29,30)31;1-2/h6-15,18,25H,2-5,16-17H2,1H3,(H,32,36)(H,34,35);1-2H3. The van der Waals surface area contributed by atoms with Crippen LogP contribution in [0.2, 0.25) is 0 Å². The Morgan fingerprint density at radius 3 is 2.18 bits per heavy atom. The minimum atomic E-state index is -4.43. The highest BCUT2D eigenvalue weighted by molar-refractivity contribution is 5.94. The first kappa shape index (κ1) is 31.3. The Hall–Kier alpha value is -3.88. The van der Waals surface area contributed by atoms with E-state index in [-0.39, 0.29) is 25.0 Å². The molecule has 0 aliphatic rings. The molecule has 1 atom stereocenters. The first-order valence-electron chi connectivity index (χ1n) is 13.1. The number of amides is 1. The van der Waals surface area contributed by atoms with Gasteiger partial charge < -0.3 is 15.2 Å². The van der Waals surface area contributed by atoms with Crippen LogP contribution in [-0.2, 0) is 11.0 Å². The molecule has 2 aromatic carbocycles. The predicted molar refractivity (Wildman–Crippen MR) is 145 cm³/mol. The molecule has 1 heterocycles. The summed E-state index contributed by atoms with van der Waals surface area (Å²) in [5, 5.41) is 11.2. The second-order valence-electron chi connectivity index (χ2n) is 8.58. The molecule has 6 nitrogen and oxygen atoms in total. The third-order valence-corrected chi connectivity index (χ3v) is 5.76. The van der Waals surface area contributed by atoms with Crippen LogP contribution in [-0.4, -0.2) is 28.5 Å². The number of nitrogens with zero attached hydrogens (tertiary/aromatic N) is 1. The second kappa shape index (κ2) is 15.5. The molecule has 3 rings (SSSR count). The van der Waals surface area contributed by atoms with E-state index in [2.05, 4.69) is 17.2 Å². The van der Waals surface area contributed by atoms with Gasteiger partial charge in [-0.3, -0.25) is 14.6 Å². The van der Waals surface area contributed by atoms with Gasteiger partial charge in [0.15, 0.2) is 0 Å². The molecular weight excluding hydrogens is 509 g/mol. The number of halogens is 3. The van der Waals surface area contributed by atoms with Crippen LogP contribution in [0.4, 0.5) is 13.2 Å². The molecular formula is C30H35F3N2O4. The lowest BCUT2D eigenvalue weighted by molar-refractivity contribution is -0.138. The molecule has 1 amide bonds. The third-order valence-electron chi connectivity index (χ3n) is 5.76. The second-order valence-corrected chi connectivity index (χ2v) is 8.58. The molecule has 0 aliphatic heterocycles. The number of carbonyl (C=O) groups excluding carboxylic acids is 1. The van der Waals surface area contributed by atoms with Gasteiger partial charge in [0.05, 0.1) is 17.7 Å². The van der Waals surface area contributed by atoms with Gasteiger partial charge in [0.2, 0.25) is 0 Å². The Labute approximate surface area is 227 Å². The maximum Gasteiger partial charge on any atom is 0.417 e. The molecule has 0 spiro atoms. The zero-order chi connectivity index (χ0) is 28.8. The van der Waals surface area contributed by atoms with E-state index in [1.54, 1.807) is 24.3 Å². The van der Waals surface area contributed by atoms with E-state index in [9.17, 15) is 22.8 Å². The molecule has 2 N–H and O–H groups in total. The summed E-state index contributed by atoms with van der Waals surface area (Å²) < 4.78 is 44.7. The Morgan fingerprint density at radius 1 is 0.974 bits per heavy atom. The van der Waals surface area contributed by atoms with Crippen molar-refractivity contribution in [2.24, 2.45) is 0 Å². The summed E-state index contributed by atoms with van der Waals surface area (Å²) in [6, 6.07) is 16.4. The Kier molecular flexibility index (Phi) is 12.5. The van der Waals surface area contributed by atoms with Gasteiger partial charge >= 0.3 is 12.1 Å². The number of hydrogen-bond acceptors (Lipinski definition) is 4. The van der Waals surface area contributed by atoms with E-state index in [1.165, 1.54) is 6.07 Å². The average molecular weight is 545 g/mol. The molecule has 39 heavy (non-hydrogen) atoms. The van der Waals surface area contributed by atoms with Gasteiger partial charge in [-0.1, -0.05) is 57.9 Å². The fourth-order valence-corrected chi connectivity index (χ4v) is 3.71. The largest absolute Gasteiger partial charge is 0.486 e. The van der Waals surface area contributed by atoms with Crippen LogP contribution < -0.4 is 10.1 Å². The molecule has 0 fully saturated rings. The van der Waals surface area contributed by atoms with Crippen molar-refractivity contribution in [2.75, 3.05) is 6.54 Å². The lowest BCUT2D eigenvalue weighted by atomic mass is 10.0. The number of benzene rings is 2. The summed E-state index contributed by atoms with van der Waals surface area (Å²) >= 11 is 0. The number of hydrogen-bond donors (Lipinski definition) is 2. The van der Waals surface area contributed by atoms with Crippen LogP contribution >= 0.6 is 0 Å². The molecule has 0 saturated carbocycles. The number of alkyl halides is 3. The topological polar surface area (TPSA) is 88.5 Å². The molecule has 0 bridgehead atoms. The van der Waals surface area contributed by atoms with Gasteiger partial charge in [-0.15, -0.1) is 0 Å². The van der Waals surface area contributed by atoms with E-state index in [0.29, 0.717) is 22.6 Å². The minimum absolute atomic E-state index is 0.0455. The zero-order valence-corrected chi connectivity index (χ0v) is 22.4. The van der Waals surface area contributed by atoms with Crippen LogP contribution in [0.1, 0.15) is 80.5 Å². The lowest BCUT2D eigenvalue weighted by Crippen LogP contribution is -2.25. The van der Waals surface area contributed by atoms with E-state index in [1.807, 2.05) is 38.1 Å². The van der Waals surface area contributed by atoms with E-state index >= 15 is 0 Å². The minimum Gasteiger partial charge on any atom is -0.486 e. The fourth-order valence-electron chi connectivity index (χ4n) is 3.71. The summed E-state index contributed by atoms with van der Waals surface area (Å²) in [5.74, 6) is -0.765. The monoisotopic (exact) mass is 544 g/mol. The quantitative estimate of drug-likeness (QED) is 0.228. The zero-order valence-electron chi connectivity index (χ0n) is 22.4. The van der Waals surface area contributed by atoms with Crippen molar-refractivity contribution < 1.29 is 32.6 Å². The molecule has 0 radical (unpaired) electrons. The molecule has 0 saturated heterocycles. The van der Waals surface area contributed by atoms with Crippen molar-refractivity contribution in [1.29, 1.82) is 0 Å². The number of aromatic nitrogens is 1. The molecule has 210 valence electrons. The highest BCUT2D eigenvalue weighted by atomic mass is 19.4. The maximum absolute atomic E-state index is 12.8. The Balaban J connectivity index is 0.00000260. The number of carboxylic acid groups (broad SMARTS) is 1. The summed E-state index contributed by atoms with van der Waals surface area (Å²) in [4.78, 5) is 26.7. The summed E-state index contributed by atoms with van der Waals surface area (Å²) in [6.07, 6.45) is -0.191. The van der Waals surface area contributed by atoms with Crippen LogP contribution in [0, 0.1) is 0 Å². The smallest absolute Gasteiger partial charge is 0.417 e. The van der Waals surface area contributed by atoms with Gasteiger partial charge in [-0.05, 0) is 54.8 Å². The highest BCUT2D eigenvalue weighted by Gasteiger charge is 2.30. The highest BCUT2D eigenvalue weighted by Crippen LogP contribution is 2.31. The molecule has 1 aromatic heterocycles. The Morgan fingerprint density at radius 2 is 1.64 bits per heavy atom. The number of carbonyl (C=O) groups is 2. The molecule has 0 aliphatic carbocycles. The van der Waals surface area contributed by atoms with Gasteiger partial charge in [0.1, 0.15) is 11.9 Å². The first-order chi connectivity index (χ1) is 18.7. The van der Waals surface area contributed by atoms with Gasteiger partial charge in [-0.2, -0.15) is 13.2 Å². The van der Waals surface area contributed by atoms with Crippen molar-refractivity contribution in [2.45, 2.75) is 65.2 Å². The van der Waals surface area contributed by atoms with Crippen LogP contribution in [0.5, 0.6) is 5.75 Å². The third kappa shape index (κ3) is 10.1. The van der Waals surface area contributed by atoms with Crippen LogP contribution in [0.3, 0.4) is 0 Å². The lowest BCUT2D eigenvalue weighted by Gasteiger charge is -2.20. The maximum atomic E-state index is 12.8. The van der Waals surface area contributed by atoms with Crippen LogP contribution in [0.25, 0.3) is 11.3 Å². The normalized spacial score (nSPS) is 11.6. The van der Waals surface area contributed by atoms with E-state index in [4.69, 9.17) is 9.84 Å². The fraction of sp³-hybridized carbons (Fsp3) is 0.367. The number of ether oxygens (including phenoxy) is 1. The van der Waals surface area contributed by atoms with Crippen molar-refractivity contribution in [3.8, 4) is 17.0 Å². The summed E-state index contributed by atoms with van der Waals surface area (Å²) in [5.41, 5.74) is 1.67. The van der Waals surface area contributed by atoms with Crippen molar-refractivity contribution >= 4 is 11.9 Å². The number of aliphatic carboxylic acids is 1. The molecule has 9 heteroatoms. The SMILES string of the molecule is CC.CCCCCC(Oc1ccc(C(=O)NCCC(=O)O)cc1)c1ccc(-c2ccc(C(F)(F)F)cn2)cc1. The number of carboxylic acids is 1. The van der Waals surface area contributed by atoms with Gasteiger partial charge in [0, 0.05) is 23.9 Å². The van der Waals surface area contributed by atoms with Crippen molar-refractivity contribution in [3.05, 3.63) is 83.6 Å². The number of unbranched alkanes of at least 4 members (excludes halogenated alkanes) is 2. The summed E-state index contributed by atoms with van der Waals surface area (Å²) in [7, 11) is 0. The Bertz CT molecular complexity index is 1160. The molecule has 1 unspecified atom stereocenters. The molecule has 3 aromatic rings. The average Bonchev–Trinajstić information content (AvgIpc) is 2.93. The van der Waals surface area contributed by atoms with Gasteiger partial charge in [0.25, 0.3) is 5.91 Å². The van der Waals surface area contributed by atoms with E-state index < -0.39 is 17.7 Å². The van der Waals surface area contributed by atoms with E-state index in [0.717, 1.165) is 43.5 Å². The van der Waals surface area contributed by atoms with Gasteiger partial charge in [-0.25, -0.2) is 0 Å². The number of pyridine rings is 1. The van der Waals surface area contributed by atoms with Crippen molar-refractivity contribution in [1.82, 2.24) is 10.3 Å². The number of rotatable bonds is 12. The summed E-state index contributed by atoms with van der Waals surface area (Å²) in [6.45, 7) is 6.16. The number of nitrogens with one attached hydrogen (secondary N) is 1. The van der Waals surface area contributed by atoms with Crippen LogP contribution in [0.15, 0.2) is 66.9 Å². The predicted octanol–water partition coefficient (Wildman–Crippen LogP) is 7.70. The van der Waals surface area contributed by atoms with Crippen molar-refractivity contribution in [3.63, 3.8) is 0 Å². The first-order valence-corrected chi connectivity index (χ1v) is 13.1.